The normalized spacial score (nSPS) is 14.7. The largest absolute Gasteiger partial charge is 0.378 e. The number of ether oxygens (including phenoxy) is 1. The van der Waals surface area contributed by atoms with Crippen molar-refractivity contribution in [1.82, 2.24) is 0 Å². The molecule has 5 nitrogen and oxygen atoms in total. The number of carbonyl (C=O) groups excluding carboxylic acids is 1. The lowest BCUT2D eigenvalue weighted by Gasteiger charge is -2.29. The number of nitrogens with two attached hydrogens (primary N) is 1. The number of hydrogen-bond donors (Lipinski definition) is 2. The fourth-order valence-corrected chi connectivity index (χ4v) is 3.68. The summed E-state index contributed by atoms with van der Waals surface area (Å²) in [7, 11) is 0. The summed E-state index contributed by atoms with van der Waals surface area (Å²) in [6, 6.07) is 6.20. The van der Waals surface area contributed by atoms with Crippen LogP contribution in [0.15, 0.2) is 24.3 Å². The van der Waals surface area contributed by atoms with E-state index in [1.807, 2.05) is 4.90 Å². The SMILES string of the molecule is NCc1cc(C(=O)Nc2ccc(F)c(N3CCOCC3)c2)sc1Cl. The molecule has 128 valence electrons. The average Bonchev–Trinajstić information content (AvgIpc) is 2.98. The molecule has 3 N–H and O–H groups in total. The molecule has 0 aliphatic carbocycles. The molecule has 0 bridgehead atoms. The molecule has 0 spiro atoms. The molecule has 1 aliphatic rings. The van der Waals surface area contributed by atoms with Crippen LogP contribution in [0, 0.1) is 5.82 Å². The Kier molecular flexibility index (Phi) is 5.35. The molecule has 1 amide bonds. The Bertz CT molecular complexity index is 747. The summed E-state index contributed by atoms with van der Waals surface area (Å²) in [5, 5.41) is 2.78. The van der Waals surface area contributed by atoms with Gasteiger partial charge >= 0.3 is 0 Å². The van der Waals surface area contributed by atoms with Crippen molar-refractivity contribution in [3.05, 3.63) is 44.9 Å². The number of carbonyl (C=O) groups is 1. The highest BCUT2D eigenvalue weighted by Crippen LogP contribution is 2.29. The van der Waals surface area contributed by atoms with Crippen LogP contribution in [-0.2, 0) is 11.3 Å². The van der Waals surface area contributed by atoms with Crippen molar-refractivity contribution in [2.24, 2.45) is 5.73 Å². The highest BCUT2D eigenvalue weighted by atomic mass is 35.5. The third-order valence-electron chi connectivity index (χ3n) is 3.76. The second-order valence-corrected chi connectivity index (χ2v) is 6.99. The van der Waals surface area contributed by atoms with Crippen LogP contribution in [0.25, 0.3) is 0 Å². The Morgan fingerprint density at radius 1 is 1.38 bits per heavy atom. The maximum Gasteiger partial charge on any atom is 0.265 e. The van der Waals surface area contributed by atoms with Gasteiger partial charge in [0.15, 0.2) is 0 Å². The third kappa shape index (κ3) is 3.70. The van der Waals surface area contributed by atoms with Gasteiger partial charge in [-0.15, -0.1) is 11.3 Å². The number of nitrogens with one attached hydrogen (secondary N) is 1. The summed E-state index contributed by atoms with van der Waals surface area (Å²) in [5.41, 5.74) is 7.30. The van der Waals surface area contributed by atoms with E-state index in [0.717, 1.165) is 5.56 Å². The number of benzene rings is 1. The molecule has 24 heavy (non-hydrogen) atoms. The molecule has 0 radical (unpaired) electrons. The minimum absolute atomic E-state index is 0.278. The number of thiophene rings is 1. The second-order valence-electron chi connectivity index (χ2n) is 5.33. The lowest BCUT2D eigenvalue weighted by Crippen LogP contribution is -2.36. The van der Waals surface area contributed by atoms with Gasteiger partial charge in [0.25, 0.3) is 5.91 Å². The predicted molar refractivity (Wildman–Crippen MR) is 94.6 cm³/mol. The Morgan fingerprint density at radius 2 is 2.12 bits per heavy atom. The van der Waals surface area contributed by atoms with Gasteiger partial charge in [-0.3, -0.25) is 4.79 Å². The summed E-state index contributed by atoms with van der Waals surface area (Å²) in [4.78, 5) is 14.7. The number of morpholine rings is 1. The number of rotatable bonds is 4. The molecule has 0 unspecified atom stereocenters. The van der Waals surface area contributed by atoms with Gasteiger partial charge in [-0.2, -0.15) is 0 Å². The minimum atomic E-state index is -0.320. The minimum Gasteiger partial charge on any atom is -0.378 e. The van der Waals surface area contributed by atoms with Gasteiger partial charge in [0, 0.05) is 25.3 Å². The van der Waals surface area contributed by atoms with E-state index < -0.39 is 0 Å². The molecule has 2 aromatic rings. The van der Waals surface area contributed by atoms with Crippen molar-refractivity contribution in [3.8, 4) is 0 Å². The molecule has 1 aromatic carbocycles. The highest BCUT2D eigenvalue weighted by molar-refractivity contribution is 7.18. The van der Waals surface area contributed by atoms with Crippen LogP contribution in [-0.4, -0.2) is 32.2 Å². The number of hydrogen-bond acceptors (Lipinski definition) is 5. The van der Waals surface area contributed by atoms with Gasteiger partial charge in [-0.05, 0) is 29.8 Å². The van der Waals surface area contributed by atoms with E-state index in [1.165, 1.54) is 23.5 Å². The van der Waals surface area contributed by atoms with Gasteiger partial charge in [0.05, 0.1) is 28.1 Å². The zero-order valence-electron chi connectivity index (χ0n) is 12.9. The lowest BCUT2D eigenvalue weighted by atomic mass is 10.2. The zero-order valence-corrected chi connectivity index (χ0v) is 14.4. The Hall–Kier alpha value is -1.67. The van der Waals surface area contributed by atoms with E-state index in [9.17, 15) is 9.18 Å². The van der Waals surface area contributed by atoms with Crippen molar-refractivity contribution in [1.29, 1.82) is 0 Å². The van der Waals surface area contributed by atoms with Crippen LogP contribution < -0.4 is 16.0 Å². The van der Waals surface area contributed by atoms with Crippen LogP contribution in [0.3, 0.4) is 0 Å². The van der Waals surface area contributed by atoms with Gasteiger partial charge in [0.2, 0.25) is 0 Å². The van der Waals surface area contributed by atoms with E-state index in [-0.39, 0.29) is 18.3 Å². The summed E-state index contributed by atoms with van der Waals surface area (Å²) in [6.45, 7) is 2.64. The van der Waals surface area contributed by atoms with Crippen molar-refractivity contribution in [2.45, 2.75) is 6.54 Å². The maximum absolute atomic E-state index is 14.1. The standard InChI is InChI=1S/C16H17ClFN3O2S/c17-15-10(9-19)7-14(24-15)16(22)20-11-1-2-12(18)13(8-11)21-3-5-23-6-4-21/h1-2,7-8H,3-6,9,19H2,(H,20,22). The first kappa shape index (κ1) is 17.2. The second kappa shape index (κ2) is 7.48. The molecule has 1 fully saturated rings. The lowest BCUT2D eigenvalue weighted by molar-refractivity contribution is 0.103. The Balaban J connectivity index is 1.78. The van der Waals surface area contributed by atoms with Crippen molar-refractivity contribution in [3.63, 3.8) is 0 Å². The first-order valence-electron chi connectivity index (χ1n) is 7.50. The Labute approximate surface area is 148 Å². The highest BCUT2D eigenvalue weighted by Gasteiger charge is 2.17. The molecular formula is C16H17ClFN3O2S. The predicted octanol–water partition coefficient (Wildman–Crippen LogP) is 3.09. The van der Waals surface area contributed by atoms with Crippen LogP contribution >= 0.6 is 22.9 Å². The van der Waals surface area contributed by atoms with Crippen molar-refractivity contribution in [2.75, 3.05) is 36.5 Å². The monoisotopic (exact) mass is 369 g/mol. The smallest absolute Gasteiger partial charge is 0.265 e. The molecule has 1 aromatic heterocycles. The average molecular weight is 370 g/mol. The van der Waals surface area contributed by atoms with E-state index in [0.29, 0.717) is 46.9 Å². The third-order valence-corrected chi connectivity index (χ3v) is 5.20. The molecular weight excluding hydrogens is 353 g/mol. The molecule has 0 saturated carbocycles. The first-order valence-corrected chi connectivity index (χ1v) is 8.70. The number of nitrogens with zero attached hydrogens (tertiary/aromatic N) is 1. The van der Waals surface area contributed by atoms with Crippen LogP contribution in [0.4, 0.5) is 15.8 Å². The quantitative estimate of drug-likeness (QED) is 0.869. The van der Waals surface area contributed by atoms with E-state index >= 15 is 0 Å². The zero-order chi connectivity index (χ0) is 17.1. The van der Waals surface area contributed by atoms with Crippen LogP contribution in [0.2, 0.25) is 4.34 Å². The number of halogens is 2. The molecule has 8 heteroatoms. The fourth-order valence-electron chi connectivity index (χ4n) is 2.49. The van der Waals surface area contributed by atoms with Gasteiger partial charge in [-0.25, -0.2) is 4.39 Å². The summed E-state index contributed by atoms with van der Waals surface area (Å²) in [6.07, 6.45) is 0. The Morgan fingerprint density at radius 3 is 2.79 bits per heavy atom. The molecule has 3 rings (SSSR count). The number of anilines is 2. The van der Waals surface area contributed by atoms with Crippen molar-refractivity contribution < 1.29 is 13.9 Å². The molecule has 1 saturated heterocycles. The van der Waals surface area contributed by atoms with E-state index in [2.05, 4.69) is 5.32 Å². The maximum atomic E-state index is 14.1. The van der Waals surface area contributed by atoms with Crippen molar-refractivity contribution >= 4 is 40.2 Å². The summed E-state index contributed by atoms with van der Waals surface area (Å²) in [5.74, 6) is -0.611. The fraction of sp³-hybridized carbons (Fsp3) is 0.312. The van der Waals surface area contributed by atoms with Crippen LogP contribution in [0.1, 0.15) is 15.2 Å². The summed E-state index contributed by atoms with van der Waals surface area (Å²) >= 11 is 7.20. The van der Waals surface area contributed by atoms with E-state index in [1.54, 1.807) is 12.1 Å². The van der Waals surface area contributed by atoms with Crippen LogP contribution in [0.5, 0.6) is 0 Å². The van der Waals surface area contributed by atoms with Gasteiger partial charge in [-0.1, -0.05) is 11.6 Å². The van der Waals surface area contributed by atoms with Gasteiger partial charge in [0.1, 0.15) is 5.82 Å². The molecule has 0 atom stereocenters. The summed E-state index contributed by atoms with van der Waals surface area (Å²) < 4.78 is 19.9. The number of amides is 1. The van der Waals surface area contributed by atoms with E-state index in [4.69, 9.17) is 22.1 Å². The topological polar surface area (TPSA) is 67.6 Å². The van der Waals surface area contributed by atoms with Gasteiger partial charge < -0.3 is 20.7 Å². The first-order chi connectivity index (χ1) is 11.6. The molecule has 2 heterocycles. The molecule has 1 aliphatic heterocycles.